The number of Topliss-reactive ketones (excluding diaryl/α,β-unsaturated/α-hetero) is 1. The zero-order valence-electron chi connectivity index (χ0n) is 10.3. The van der Waals surface area contributed by atoms with Crippen LogP contribution in [0.25, 0.3) is 0 Å². The van der Waals surface area contributed by atoms with E-state index < -0.39 is 10.8 Å². The van der Waals surface area contributed by atoms with E-state index in [-0.39, 0.29) is 11.5 Å². The summed E-state index contributed by atoms with van der Waals surface area (Å²) < 4.78 is 12.7. The topological polar surface area (TPSA) is 34.1 Å². The Balaban J connectivity index is 2.12. The van der Waals surface area contributed by atoms with E-state index in [2.05, 4.69) is 0 Å². The summed E-state index contributed by atoms with van der Waals surface area (Å²) >= 11 is 1.42. The van der Waals surface area contributed by atoms with Gasteiger partial charge in [-0.3, -0.25) is 9.00 Å². The predicted molar refractivity (Wildman–Crippen MR) is 75.8 cm³/mol. The van der Waals surface area contributed by atoms with Gasteiger partial charge in [0.15, 0.2) is 5.78 Å². The van der Waals surface area contributed by atoms with Crippen LogP contribution in [0.3, 0.4) is 0 Å². The van der Waals surface area contributed by atoms with Crippen molar-refractivity contribution in [3.8, 4) is 0 Å². The van der Waals surface area contributed by atoms with Crippen molar-refractivity contribution in [2.24, 2.45) is 0 Å². The molecule has 0 spiro atoms. The number of hydrogen-bond acceptors (Lipinski definition) is 3. The lowest BCUT2D eigenvalue weighted by atomic mass is 10.0. The van der Waals surface area contributed by atoms with E-state index in [1.54, 1.807) is 12.1 Å². The third kappa shape index (κ3) is 2.94. The Morgan fingerprint density at radius 2 is 2.00 bits per heavy atom. The molecule has 0 radical (unpaired) electrons. The van der Waals surface area contributed by atoms with Crippen molar-refractivity contribution in [1.82, 2.24) is 0 Å². The van der Waals surface area contributed by atoms with Crippen LogP contribution in [0, 0.1) is 13.8 Å². The highest BCUT2D eigenvalue weighted by Crippen LogP contribution is 2.16. The van der Waals surface area contributed by atoms with Gasteiger partial charge in [0, 0.05) is 5.56 Å². The number of thiophene rings is 1. The maximum absolute atomic E-state index is 12.0. The quantitative estimate of drug-likeness (QED) is 0.804. The van der Waals surface area contributed by atoms with Gasteiger partial charge in [-0.25, -0.2) is 0 Å². The standard InChI is InChI=1S/C14H14O2S2/c1-10-5-6-12(8-11(10)2)13(15)9-18(16)14-4-3-7-17-14/h3-8H,9H2,1-2H3. The fourth-order valence-corrected chi connectivity index (χ4v) is 3.58. The number of rotatable bonds is 4. The van der Waals surface area contributed by atoms with Crippen LogP contribution in [0.15, 0.2) is 39.9 Å². The first-order valence-corrected chi connectivity index (χ1v) is 7.80. The summed E-state index contributed by atoms with van der Waals surface area (Å²) in [6.45, 7) is 3.98. The van der Waals surface area contributed by atoms with Crippen LogP contribution in [0.5, 0.6) is 0 Å². The summed E-state index contributed by atoms with van der Waals surface area (Å²) in [6.07, 6.45) is 0. The second kappa shape index (κ2) is 5.59. The number of benzene rings is 1. The zero-order valence-corrected chi connectivity index (χ0v) is 11.9. The van der Waals surface area contributed by atoms with Gasteiger partial charge < -0.3 is 0 Å². The van der Waals surface area contributed by atoms with Gasteiger partial charge in [-0.1, -0.05) is 18.2 Å². The third-order valence-corrected chi connectivity index (χ3v) is 5.43. The van der Waals surface area contributed by atoms with Crippen molar-refractivity contribution in [3.05, 3.63) is 52.4 Å². The first-order valence-electron chi connectivity index (χ1n) is 5.60. The number of carbonyl (C=O) groups excluding carboxylic acids is 1. The summed E-state index contributed by atoms with van der Waals surface area (Å²) in [5.41, 5.74) is 2.89. The smallest absolute Gasteiger partial charge is 0.175 e. The van der Waals surface area contributed by atoms with E-state index in [1.807, 2.05) is 37.4 Å². The molecule has 1 atom stereocenters. The zero-order chi connectivity index (χ0) is 13.1. The fourth-order valence-electron chi connectivity index (χ4n) is 1.58. The molecule has 1 heterocycles. The lowest BCUT2D eigenvalue weighted by molar-refractivity contribution is 0.102. The molecular formula is C14H14O2S2. The van der Waals surface area contributed by atoms with E-state index in [1.165, 1.54) is 11.3 Å². The van der Waals surface area contributed by atoms with Crippen LogP contribution in [-0.2, 0) is 10.8 Å². The lowest BCUT2D eigenvalue weighted by Gasteiger charge is -2.04. The van der Waals surface area contributed by atoms with Gasteiger partial charge in [0.2, 0.25) is 0 Å². The SMILES string of the molecule is Cc1ccc(C(=O)CS(=O)c2cccs2)cc1C. The molecule has 18 heavy (non-hydrogen) atoms. The maximum atomic E-state index is 12.0. The summed E-state index contributed by atoms with van der Waals surface area (Å²) in [5.74, 6) is -0.00642. The molecule has 0 aliphatic heterocycles. The second-order valence-corrected chi connectivity index (χ2v) is 6.77. The van der Waals surface area contributed by atoms with Gasteiger partial charge in [-0.2, -0.15) is 0 Å². The Bertz CT molecular complexity index is 586. The van der Waals surface area contributed by atoms with Crippen LogP contribution >= 0.6 is 11.3 Å². The van der Waals surface area contributed by atoms with Gasteiger partial charge in [0.25, 0.3) is 0 Å². The molecule has 0 fully saturated rings. The highest BCUT2D eigenvalue weighted by molar-refractivity contribution is 7.88. The van der Waals surface area contributed by atoms with Crippen LogP contribution in [0.2, 0.25) is 0 Å². The van der Waals surface area contributed by atoms with Gasteiger partial charge in [-0.05, 0) is 42.5 Å². The number of hydrogen-bond donors (Lipinski definition) is 0. The molecule has 1 aromatic carbocycles. The molecule has 4 heteroatoms. The molecule has 2 nitrogen and oxygen atoms in total. The molecule has 0 aliphatic carbocycles. The summed E-state index contributed by atoms with van der Waals surface area (Å²) in [4.78, 5) is 12.0. The monoisotopic (exact) mass is 278 g/mol. The second-order valence-electron chi connectivity index (χ2n) is 4.14. The molecule has 2 rings (SSSR count). The number of ketones is 1. The van der Waals surface area contributed by atoms with Crippen molar-refractivity contribution in [3.63, 3.8) is 0 Å². The molecule has 0 N–H and O–H groups in total. The number of aryl methyl sites for hydroxylation is 2. The molecule has 0 saturated carbocycles. The maximum Gasteiger partial charge on any atom is 0.175 e. The van der Waals surface area contributed by atoms with Gasteiger partial charge in [0.05, 0.1) is 20.8 Å². The minimum absolute atomic E-state index is 0.0585. The van der Waals surface area contributed by atoms with E-state index in [0.29, 0.717) is 5.56 Å². The fraction of sp³-hybridized carbons (Fsp3) is 0.214. The molecule has 1 aromatic heterocycles. The van der Waals surface area contributed by atoms with E-state index in [4.69, 9.17) is 0 Å². The van der Waals surface area contributed by atoms with E-state index in [9.17, 15) is 9.00 Å². The predicted octanol–water partition coefficient (Wildman–Crippen LogP) is 3.36. The van der Waals surface area contributed by atoms with Crippen LogP contribution in [0.4, 0.5) is 0 Å². The first kappa shape index (κ1) is 13.2. The molecule has 1 unspecified atom stereocenters. The highest BCUT2D eigenvalue weighted by atomic mass is 32.2. The molecule has 0 aliphatic rings. The third-order valence-electron chi connectivity index (χ3n) is 2.81. The summed E-state index contributed by atoms with van der Waals surface area (Å²) in [7, 11) is -1.23. The van der Waals surface area contributed by atoms with Crippen molar-refractivity contribution < 1.29 is 9.00 Å². The van der Waals surface area contributed by atoms with Gasteiger partial charge in [0.1, 0.15) is 0 Å². The highest BCUT2D eigenvalue weighted by Gasteiger charge is 2.13. The van der Waals surface area contributed by atoms with Crippen LogP contribution in [0.1, 0.15) is 21.5 Å². The van der Waals surface area contributed by atoms with Crippen molar-refractivity contribution in [2.45, 2.75) is 18.1 Å². The first-order chi connectivity index (χ1) is 8.58. The Morgan fingerprint density at radius 1 is 1.22 bits per heavy atom. The molecule has 2 aromatic rings. The molecule has 0 saturated heterocycles. The lowest BCUT2D eigenvalue weighted by Crippen LogP contribution is -2.10. The molecular weight excluding hydrogens is 264 g/mol. The normalized spacial score (nSPS) is 12.3. The summed E-state index contributed by atoms with van der Waals surface area (Å²) in [6, 6.07) is 9.24. The van der Waals surface area contributed by atoms with E-state index in [0.717, 1.165) is 15.3 Å². The Hall–Kier alpha value is -1.26. The molecule has 0 bridgehead atoms. The van der Waals surface area contributed by atoms with Crippen LogP contribution < -0.4 is 0 Å². The number of carbonyl (C=O) groups is 1. The summed E-state index contributed by atoms with van der Waals surface area (Å²) in [5, 5.41) is 1.87. The van der Waals surface area contributed by atoms with Crippen molar-refractivity contribution in [1.29, 1.82) is 0 Å². The Morgan fingerprint density at radius 3 is 2.61 bits per heavy atom. The van der Waals surface area contributed by atoms with Crippen molar-refractivity contribution >= 4 is 27.9 Å². The Labute approximate surface area is 113 Å². The van der Waals surface area contributed by atoms with E-state index >= 15 is 0 Å². The van der Waals surface area contributed by atoms with Crippen molar-refractivity contribution in [2.75, 3.05) is 5.75 Å². The minimum atomic E-state index is -1.23. The van der Waals surface area contributed by atoms with Crippen LogP contribution in [-0.4, -0.2) is 15.7 Å². The molecule has 94 valence electrons. The largest absolute Gasteiger partial charge is 0.293 e. The van der Waals surface area contributed by atoms with Gasteiger partial charge in [-0.15, -0.1) is 11.3 Å². The average Bonchev–Trinajstić information content (AvgIpc) is 2.86. The minimum Gasteiger partial charge on any atom is -0.293 e. The Kier molecular flexibility index (Phi) is 4.09. The van der Waals surface area contributed by atoms with Gasteiger partial charge >= 0.3 is 0 Å². The average molecular weight is 278 g/mol. The molecule has 0 amide bonds.